The number of urea groups is 1. The highest BCUT2D eigenvalue weighted by atomic mass is 16.2. The summed E-state index contributed by atoms with van der Waals surface area (Å²) in [5.74, 6) is 0.504. The van der Waals surface area contributed by atoms with Crippen molar-refractivity contribution >= 4 is 11.9 Å². The molecule has 0 aromatic carbocycles. The molecule has 2 aromatic heterocycles. The van der Waals surface area contributed by atoms with E-state index in [0.29, 0.717) is 32.7 Å². The lowest BCUT2D eigenvalue weighted by molar-refractivity contribution is -0.139. The van der Waals surface area contributed by atoms with E-state index < -0.39 is 0 Å². The van der Waals surface area contributed by atoms with Gasteiger partial charge in [0.15, 0.2) is 0 Å². The zero-order valence-corrected chi connectivity index (χ0v) is 16.1. The van der Waals surface area contributed by atoms with Gasteiger partial charge >= 0.3 is 6.03 Å². The quantitative estimate of drug-likeness (QED) is 0.824. The van der Waals surface area contributed by atoms with E-state index >= 15 is 0 Å². The fourth-order valence-electron chi connectivity index (χ4n) is 3.61. The van der Waals surface area contributed by atoms with Crippen molar-refractivity contribution in [3.63, 3.8) is 0 Å². The molecule has 1 fully saturated rings. The van der Waals surface area contributed by atoms with Crippen molar-refractivity contribution in [1.82, 2.24) is 30.3 Å². The Balaban J connectivity index is 1.27. The van der Waals surface area contributed by atoms with Crippen molar-refractivity contribution in [3.05, 3.63) is 47.0 Å². The number of nitrogens with zero attached hydrogens (tertiary/aromatic N) is 4. The van der Waals surface area contributed by atoms with E-state index in [4.69, 9.17) is 0 Å². The first kappa shape index (κ1) is 18.5. The maximum Gasteiger partial charge on any atom is 0.315 e. The van der Waals surface area contributed by atoms with Gasteiger partial charge in [0.2, 0.25) is 5.91 Å². The van der Waals surface area contributed by atoms with Gasteiger partial charge in [-0.15, -0.1) is 0 Å². The average Bonchev–Trinajstić information content (AvgIpc) is 3.06. The van der Waals surface area contributed by atoms with Gasteiger partial charge in [-0.25, -0.2) is 4.79 Å². The van der Waals surface area contributed by atoms with Gasteiger partial charge in [-0.1, -0.05) is 12.5 Å². The number of hydrogen-bond donors (Lipinski definition) is 2. The van der Waals surface area contributed by atoms with Crippen LogP contribution in [0.2, 0.25) is 0 Å². The Morgan fingerprint density at radius 1 is 1.21 bits per heavy atom. The summed E-state index contributed by atoms with van der Waals surface area (Å²) >= 11 is 0. The lowest BCUT2D eigenvalue weighted by Gasteiger charge is -2.34. The highest BCUT2D eigenvalue weighted by Gasteiger charge is 2.31. The van der Waals surface area contributed by atoms with Gasteiger partial charge in [-0.05, 0) is 37.5 Å². The van der Waals surface area contributed by atoms with Crippen LogP contribution in [0.4, 0.5) is 4.79 Å². The van der Waals surface area contributed by atoms with Gasteiger partial charge in [0, 0.05) is 18.7 Å². The molecule has 1 aliphatic carbocycles. The summed E-state index contributed by atoms with van der Waals surface area (Å²) in [5, 5.41) is 10.2. The zero-order valence-electron chi connectivity index (χ0n) is 16.1. The molecule has 3 amide bonds. The van der Waals surface area contributed by atoms with Gasteiger partial charge < -0.3 is 15.5 Å². The molecule has 0 radical (unpaired) electrons. The fourth-order valence-corrected chi connectivity index (χ4v) is 3.61. The summed E-state index contributed by atoms with van der Waals surface area (Å²) in [5.41, 5.74) is 3.73. The van der Waals surface area contributed by atoms with Crippen LogP contribution >= 0.6 is 0 Å². The highest BCUT2D eigenvalue weighted by Crippen LogP contribution is 2.29. The maximum absolute atomic E-state index is 12.5. The van der Waals surface area contributed by atoms with Crippen LogP contribution in [0.5, 0.6) is 0 Å². The lowest BCUT2D eigenvalue weighted by Crippen LogP contribution is -2.43. The van der Waals surface area contributed by atoms with Crippen LogP contribution < -0.4 is 10.6 Å². The van der Waals surface area contributed by atoms with Gasteiger partial charge in [-0.3, -0.25) is 14.5 Å². The number of pyridine rings is 1. The van der Waals surface area contributed by atoms with E-state index in [2.05, 4.69) is 20.7 Å². The predicted molar refractivity (Wildman–Crippen MR) is 103 cm³/mol. The molecule has 4 rings (SSSR count). The molecule has 0 saturated heterocycles. The van der Waals surface area contributed by atoms with Crippen molar-refractivity contribution in [2.24, 2.45) is 5.92 Å². The smallest absolute Gasteiger partial charge is 0.315 e. The molecule has 8 heteroatoms. The maximum atomic E-state index is 12.5. The largest absolute Gasteiger partial charge is 0.335 e. The number of aryl methyl sites for hydroxylation is 1. The zero-order chi connectivity index (χ0) is 19.5. The van der Waals surface area contributed by atoms with Crippen LogP contribution in [0.1, 0.15) is 41.9 Å². The third kappa shape index (κ3) is 4.00. The Hall–Kier alpha value is -2.90. The number of rotatable bonds is 5. The average molecular weight is 382 g/mol. The molecular formula is C20H26N6O2. The third-order valence-corrected chi connectivity index (χ3v) is 5.58. The normalized spacial score (nSPS) is 16.2. The van der Waals surface area contributed by atoms with E-state index in [0.717, 1.165) is 35.5 Å². The van der Waals surface area contributed by atoms with E-state index in [-0.39, 0.29) is 17.9 Å². The highest BCUT2D eigenvalue weighted by molar-refractivity contribution is 5.79. The van der Waals surface area contributed by atoms with Crippen molar-refractivity contribution in [3.8, 4) is 0 Å². The summed E-state index contributed by atoms with van der Waals surface area (Å²) in [6.07, 6.45) is 4.93. The monoisotopic (exact) mass is 382 g/mol. The van der Waals surface area contributed by atoms with E-state index in [1.807, 2.05) is 34.7 Å². The Labute approximate surface area is 164 Å². The SMILES string of the molecule is Cc1cccnc1CNC(=O)NCc1cc2n(n1)CCN(C(=O)C1CCC1)C2. The van der Waals surface area contributed by atoms with Crippen LogP contribution in [0, 0.1) is 12.8 Å². The Morgan fingerprint density at radius 2 is 2.04 bits per heavy atom. The number of fused-ring (bicyclic) bond motifs is 1. The van der Waals surface area contributed by atoms with Gasteiger partial charge in [0.25, 0.3) is 0 Å². The molecule has 2 aliphatic rings. The number of amides is 3. The summed E-state index contributed by atoms with van der Waals surface area (Å²) in [6.45, 7) is 4.73. The molecule has 1 saturated carbocycles. The summed E-state index contributed by atoms with van der Waals surface area (Å²) in [6, 6.07) is 5.57. The van der Waals surface area contributed by atoms with E-state index in [1.54, 1.807) is 6.20 Å². The molecule has 0 bridgehead atoms. The second-order valence-corrected chi connectivity index (χ2v) is 7.54. The van der Waals surface area contributed by atoms with Crippen molar-refractivity contribution in [2.45, 2.75) is 52.4 Å². The van der Waals surface area contributed by atoms with Gasteiger partial charge in [0.1, 0.15) is 0 Å². The molecular weight excluding hydrogens is 356 g/mol. The fraction of sp³-hybridized carbons (Fsp3) is 0.500. The second kappa shape index (κ2) is 8.00. The number of hydrogen-bond acceptors (Lipinski definition) is 4. The van der Waals surface area contributed by atoms with Crippen molar-refractivity contribution < 1.29 is 9.59 Å². The van der Waals surface area contributed by atoms with Crippen molar-refractivity contribution in [2.75, 3.05) is 6.54 Å². The topological polar surface area (TPSA) is 92.2 Å². The van der Waals surface area contributed by atoms with Crippen molar-refractivity contribution in [1.29, 1.82) is 0 Å². The molecule has 1 aliphatic heterocycles. The van der Waals surface area contributed by atoms with E-state index in [9.17, 15) is 9.59 Å². The molecule has 0 spiro atoms. The minimum atomic E-state index is -0.252. The molecule has 148 valence electrons. The molecule has 3 heterocycles. The van der Waals surface area contributed by atoms with Gasteiger partial charge in [0.05, 0.1) is 43.3 Å². The number of aromatic nitrogens is 3. The van der Waals surface area contributed by atoms with Crippen LogP contribution in [-0.2, 0) is 31.0 Å². The van der Waals surface area contributed by atoms with Crippen LogP contribution in [0.15, 0.2) is 24.4 Å². The molecule has 8 nitrogen and oxygen atoms in total. The summed E-state index contributed by atoms with van der Waals surface area (Å²) in [7, 11) is 0. The molecule has 2 aromatic rings. The Bertz CT molecular complexity index is 873. The van der Waals surface area contributed by atoms with Crippen LogP contribution in [0.3, 0.4) is 0 Å². The molecule has 28 heavy (non-hydrogen) atoms. The second-order valence-electron chi connectivity index (χ2n) is 7.54. The Morgan fingerprint density at radius 3 is 2.79 bits per heavy atom. The minimum Gasteiger partial charge on any atom is -0.335 e. The molecule has 0 atom stereocenters. The summed E-state index contributed by atoms with van der Waals surface area (Å²) < 4.78 is 1.94. The van der Waals surface area contributed by atoms with E-state index in [1.165, 1.54) is 6.42 Å². The lowest BCUT2D eigenvalue weighted by atomic mass is 9.84. The summed E-state index contributed by atoms with van der Waals surface area (Å²) in [4.78, 5) is 30.7. The third-order valence-electron chi connectivity index (χ3n) is 5.58. The minimum absolute atomic E-state index is 0.224. The van der Waals surface area contributed by atoms with Gasteiger partial charge in [-0.2, -0.15) is 5.10 Å². The first-order chi connectivity index (χ1) is 13.6. The number of nitrogens with one attached hydrogen (secondary N) is 2. The van der Waals surface area contributed by atoms with Crippen LogP contribution in [-0.4, -0.2) is 38.1 Å². The predicted octanol–water partition coefficient (Wildman–Crippen LogP) is 1.73. The number of carbonyl (C=O) groups excluding carboxylic acids is 2. The number of carbonyl (C=O) groups is 2. The Kier molecular flexibility index (Phi) is 5.27. The van der Waals surface area contributed by atoms with Crippen LogP contribution in [0.25, 0.3) is 0 Å². The first-order valence-corrected chi connectivity index (χ1v) is 9.87. The molecule has 0 unspecified atom stereocenters. The standard InChI is InChI=1S/C20H26N6O2/c1-14-4-3-7-21-18(14)12-23-20(28)22-11-16-10-17-13-25(8-9-26(17)24-16)19(27)15-5-2-6-15/h3-4,7,10,15H,2,5-6,8-9,11-13H2,1H3,(H2,22,23,28). The molecule has 2 N–H and O–H groups in total. The first-order valence-electron chi connectivity index (χ1n) is 9.87.